The molecule has 0 bridgehead atoms. The first kappa shape index (κ1) is 21.2. The van der Waals surface area contributed by atoms with Crippen molar-refractivity contribution in [2.24, 2.45) is 0 Å². The zero-order valence-electron chi connectivity index (χ0n) is 18.5. The second-order valence-electron chi connectivity index (χ2n) is 7.97. The Labute approximate surface area is 192 Å². The van der Waals surface area contributed by atoms with Crippen LogP contribution in [0.15, 0.2) is 47.6 Å². The van der Waals surface area contributed by atoms with Gasteiger partial charge in [-0.05, 0) is 38.1 Å². The van der Waals surface area contributed by atoms with E-state index in [0.717, 1.165) is 53.4 Å². The van der Waals surface area contributed by atoms with Crippen LogP contribution < -0.4 is 14.4 Å². The van der Waals surface area contributed by atoms with Gasteiger partial charge in [-0.1, -0.05) is 30.0 Å². The summed E-state index contributed by atoms with van der Waals surface area (Å²) in [6.45, 7) is 7.78. The Bertz CT molecular complexity index is 1070. The first-order chi connectivity index (χ1) is 15.7. The molecule has 0 spiro atoms. The van der Waals surface area contributed by atoms with Crippen LogP contribution in [-0.2, 0) is 16.9 Å². The van der Waals surface area contributed by atoms with Crippen molar-refractivity contribution in [2.45, 2.75) is 37.3 Å². The Kier molecular flexibility index (Phi) is 6.23. The Morgan fingerprint density at radius 2 is 1.94 bits per heavy atom. The molecule has 0 N–H and O–H groups in total. The lowest BCUT2D eigenvalue weighted by Gasteiger charge is -2.27. The number of morpholine rings is 1. The number of hydrogen-bond acceptors (Lipinski definition) is 7. The molecule has 1 atom stereocenters. The Balaban J connectivity index is 1.45. The third-order valence-electron chi connectivity index (χ3n) is 5.66. The van der Waals surface area contributed by atoms with Crippen molar-refractivity contribution in [2.75, 3.05) is 37.8 Å². The monoisotopic (exact) mass is 452 g/mol. The molecular weight excluding hydrogens is 424 g/mol. The van der Waals surface area contributed by atoms with Crippen molar-refractivity contribution in [3.63, 3.8) is 0 Å². The maximum absolute atomic E-state index is 5.99. The Morgan fingerprint density at radius 3 is 2.72 bits per heavy atom. The molecule has 8 heteroatoms. The number of hydrogen-bond donors (Lipinski definition) is 0. The zero-order valence-corrected chi connectivity index (χ0v) is 19.3. The molecule has 2 aliphatic rings. The number of benzene rings is 2. The normalized spacial score (nSPS) is 17.8. The van der Waals surface area contributed by atoms with E-state index in [4.69, 9.17) is 14.2 Å². The second kappa shape index (κ2) is 9.42. The minimum absolute atomic E-state index is 0.208. The van der Waals surface area contributed by atoms with Crippen molar-refractivity contribution in [1.82, 2.24) is 14.8 Å². The molecule has 0 amide bonds. The van der Waals surface area contributed by atoms with Crippen LogP contribution in [0.2, 0.25) is 0 Å². The quantitative estimate of drug-likeness (QED) is 0.500. The number of thioether (sulfide) groups is 1. The van der Waals surface area contributed by atoms with Crippen LogP contribution >= 0.6 is 11.8 Å². The topological polar surface area (TPSA) is 61.6 Å². The van der Waals surface area contributed by atoms with Crippen LogP contribution in [0.4, 0.5) is 5.95 Å². The first-order valence-corrected chi connectivity index (χ1v) is 12.1. The van der Waals surface area contributed by atoms with Crippen molar-refractivity contribution in [3.05, 3.63) is 53.6 Å². The highest BCUT2D eigenvalue weighted by atomic mass is 32.2. The maximum atomic E-state index is 5.99. The molecule has 3 heterocycles. The summed E-state index contributed by atoms with van der Waals surface area (Å²) in [6, 6.07) is 14.6. The summed E-state index contributed by atoms with van der Waals surface area (Å²) in [5.41, 5.74) is 3.38. The summed E-state index contributed by atoms with van der Waals surface area (Å²) in [7, 11) is 0. The number of para-hydroxylation sites is 1. The molecular formula is C24H28N4O3S. The lowest BCUT2D eigenvalue weighted by Crippen LogP contribution is -2.37. The Morgan fingerprint density at radius 1 is 1.12 bits per heavy atom. The van der Waals surface area contributed by atoms with Gasteiger partial charge in [-0.3, -0.25) is 4.57 Å². The van der Waals surface area contributed by atoms with E-state index in [0.29, 0.717) is 25.6 Å². The van der Waals surface area contributed by atoms with Gasteiger partial charge in [-0.2, -0.15) is 0 Å². The van der Waals surface area contributed by atoms with Crippen molar-refractivity contribution >= 4 is 17.7 Å². The van der Waals surface area contributed by atoms with Gasteiger partial charge in [-0.25, -0.2) is 0 Å². The lowest BCUT2D eigenvalue weighted by molar-refractivity contribution is 0.122. The van der Waals surface area contributed by atoms with E-state index in [1.165, 1.54) is 5.56 Å². The highest BCUT2D eigenvalue weighted by Gasteiger charge is 2.24. The Hall–Kier alpha value is -2.71. The van der Waals surface area contributed by atoms with E-state index in [1.54, 1.807) is 11.8 Å². The number of aromatic nitrogens is 3. The van der Waals surface area contributed by atoms with Gasteiger partial charge in [-0.15, -0.1) is 10.2 Å². The molecule has 1 unspecified atom stereocenters. The summed E-state index contributed by atoms with van der Waals surface area (Å²) in [6.07, 6.45) is 1.13. The van der Waals surface area contributed by atoms with E-state index in [-0.39, 0.29) is 6.10 Å². The van der Waals surface area contributed by atoms with Gasteiger partial charge < -0.3 is 19.1 Å². The van der Waals surface area contributed by atoms with E-state index in [1.807, 2.05) is 25.1 Å². The first-order valence-electron chi connectivity index (χ1n) is 11.1. The zero-order chi connectivity index (χ0) is 21.9. The fraction of sp³-hybridized carbons (Fsp3) is 0.417. The average molecular weight is 453 g/mol. The summed E-state index contributed by atoms with van der Waals surface area (Å²) >= 11 is 1.66. The van der Waals surface area contributed by atoms with Crippen molar-refractivity contribution in [3.8, 4) is 17.2 Å². The van der Waals surface area contributed by atoms with Crippen LogP contribution in [0.5, 0.6) is 11.5 Å². The van der Waals surface area contributed by atoms with E-state index >= 15 is 0 Å². The summed E-state index contributed by atoms with van der Waals surface area (Å²) in [5.74, 6) is 3.47. The molecule has 2 aromatic carbocycles. The second-order valence-corrected chi connectivity index (χ2v) is 8.92. The minimum Gasteiger partial charge on any atom is -0.494 e. The maximum Gasteiger partial charge on any atom is 0.232 e. The molecule has 1 fully saturated rings. The molecule has 0 radical (unpaired) electrons. The van der Waals surface area contributed by atoms with Gasteiger partial charge in [0.15, 0.2) is 5.16 Å². The highest BCUT2D eigenvalue weighted by Crippen LogP contribution is 2.38. The van der Waals surface area contributed by atoms with Gasteiger partial charge in [0.25, 0.3) is 0 Å². The fourth-order valence-electron chi connectivity index (χ4n) is 4.15. The average Bonchev–Trinajstić information content (AvgIpc) is 3.41. The molecule has 2 aliphatic heterocycles. The predicted molar refractivity (Wildman–Crippen MR) is 125 cm³/mol. The summed E-state index contributed by atoms with van der Waals surface area (Å²) < 4.78 is 19.6. The van der Waals surface area contributed by atoms with Crippen molar-refractivity contribution in [1.29, 1.82) is 0 Å². The van der Waals surface area contributed by atoms with Gasteiger partial charge in [0.05, 0.1) is 25.5 Å². The number of rotatable bonds is 7. The third kappa shape index (κ3) is 4.29. The minimum atomic E-state index is 0.208. The SMILES string of the molecule is CCOc1cc2c(cc1CSc1nnc(N3CCOCC3)n1-c1ccccc1)OC(C)C2. The predicted octanol–water partition coefficient (Wildman–Crippen LogP) is 4.12. The largest absolute Gasteiger partial charge is 0.494 e. The number of fused-ring (bicyclic) bond motifs is 1. The van der Waals surface area contributed by atoms with Crippen molar-refractivity contribution < 1.29 is 14.2 Å². The molecule has 32 heavy (non-hydrogen) atoms. The van der Waals surface area contributed by atoms with Gasteiger partial charge in [0.1, 0.15) is 17.6 Å². The highest BCUT2D eigenvalue weighted by molar-refractivity contribution is 7.98. The standard InChI is InChI=1S/C24H28N4O3S/c1-3-30-21-14-18-13-17(2)31-22(18)15-19(21)16-32-24-26-25-23(27-9-11-29-12-10-27)28(24)20-7-5-4-6-8-20/h4-8,14-15,17H,3,9-13,16H2,1-2H3. The fourth-order valence-corrected chi connectivity index (χ4v) is 5.08. The molecule has 7 nitrogen and oxygen atoms in total. The molecule has 0 saturated carbocycles. The summed E-state index contributed by atoms with van der Waals surface area (Å²) in [5, 5.41) is 9.98. The number of nitrogens with zero attached hydrogens (tertiary/aromatic N) is 4. The van der Waals surface area contributed by atoms with Gasteiger partial charge >= 0.3 is 0 Å². The third-order valence-corrected chi connectivity index (χ3v) is 6.64. The molecule has 3 aromatic rings. The van der Waals surface area contributed by atoms with Crippen LogP contribution in [0.25, 0.3) is 5.69 Å². The van der Waals surface area contributed by atoms with Crippen LogP contribution in [0, 0.1) is 0 Å². The van der Waals surface area contributed by atoms with Gasteiger partial charge in [0.2, 0.25) is 5.95 Å². The number of anilines is 1. The molecule has 1 aromatic heterocycles. The van der Waals surface area contributed by atoms with E-state index in [2.05, 4.69) is 50.9 Å². The van der Waals surface area contributed by atoms with E-state index in [9.17, 15) is 0 Å². The van der Waals surface area contributed by atoms with Crippen LogP contribution in [-0.4, -0.2) is 53.8 Å². The number of ether oxygens (including phenoxy) is 3. The molecule has 5 rings (SSSR count). The van der Waals surface area contributed by atoms with Crippen LogP contribution in [0.1, 0.15) is 25.0 Å². The lowest BCUT2D eigenvalue weighted by atomic mass is 10.1. The summed E-state index contributed by atoms with van der Waals surface area (Å²) in [4.78, 5) is 2.24. The smallest absolute Gasteiger partial charge is 0.232 e. The molecule has 1 saturated heterocycles. The van der Waals surface area contributed by atoms with Gasteiger partial charge in [0, 0.05) is 36.4 Å². The van der Waals surface area contributed by atoms with Crippen LogP contribution in [0.3, 0.4) is 0 Å². The molecule has 0 aliphatic carbocycles. The molecule has 168 valence electrons. The van der Waals surface area contributed by atoms with E-state index < -0.39 is 0 Å².